The first-order valence-corrected chi connectivity index (χ1v) is 8.39. The number of nitrogens with two attached hydrogens (primary N) is 1. The Balaban J connectivity index is 1.77. The van der Waals surface area contributed by atoms with Crippen LogP contribution in [0.3, 0.4) is 0 Å². The fourth-order valence-corrected chi connectivity index (χ4v) is 2.76. The Kier molecular flexibility index (Phi) is 9.99. The van der Waals surface area contributed by atoms with E-state index in [0.29, 0.717) is 6.42 Å². The highest BCUT2D eigenvalue weighted by molar-refractivity contribution is 5.73. The second-order valence-corrected chi connectivity index (χ2v) is 5.94. The summed E-state index contributed by atoms with van der Waals surface area (Å²) in [5.41, 5.74) is 5.09. The molecule has 1 atom stereocenters. The van der Waals surface area contributed by atoms with Gasteiger partial charge in [-0.3, -0.25) is 4.79 Å². The second kappa shape index (κ2) is 11.7. The molecule has 0 unspecified atom stereocenters. The van der Waals surface area contributed by atoms with Gasteiger partial charge in [-0.2, -0.15) is 0 Å². The van der Waals surface area contributed by atoms with Crippen LogP contribution >= 0.6 is 0 Å². The van der Waals surface area contributed by atoms with Crippen LogP contribution in [0.1, 0.15) is 77.0 Å². The summed E-state index contributed by atoms with van der Waals surface area (Å²) < 4.78 is 0. The molecule has 1 aliphatic carbocycles. The van der Waals surface area contributed by atoms with Gasteiger partial charge in [-0.15, -0.1) is 0 Å². The minimum atomic E-state index is -0.179. The number of carbonyl (C=O) groups excluding carboxylic acids is 1. The molecule has 0 radical (unpaired) electrons. The van der Waals surface area contributed by atoms with Crippen molar-refractivity contribution in [2.75, 3.05) is 0 Å². The van der Waals surface area contributed by atoms with Gasteiger partial charge in [0.15, 0.2) is 0 Å². The molecule has 0 bridgehead atoms. The van der Waals surface area contributed by atoms with Gasteiger partial charge < -0.3 is 5.73 Å². The quantitative estimate of drug-likeness (QED) is 0.400. The van der Waals surface area contributed by atoms with E-state index in [0.717, 1.165) is 25.2 Å². The van der Waals surface area contributed by atoms with E-state index >= 15 is 0 Å². The monoisotopic (exact) mass is 277 g/mol. The normalized spacial score (nSPS) is 18.1. The van der Waals surface area contributed by atoms with E-state index in [4.69, 9.17) is 5.73 Å². The lowest BCUT2D eigenvalue weighted by molar-refractivity contribution is -0.118. The average Bonchev–Trinajstić information content (AvgIpc) is 2.93. The third kappa shape index (κ3) is 9.82. The summed E-state index contributed by atoms with van der Waals surface area (Å²) >= 11 is 0. The smallest absolute Gasteiger partial charge is 0.217 e. The molecule has 1 rings (SSSR count). The maximum absolute atomic E-state index is 10.5. The molecular formula is C18H31NO. The lowest BCUT2D eigenvalue weighted by atomic mass is 10.00. The topological polar surface area (TPSA) is 43.1 Å². The van der Waals surface area contributed by atoms with Gasteiger partial charge in [0.2, 0.25) is 5.91 Å². The average molecular weight is 277 g/mol. The van der Waals surface area contributed by atoms with Gasteiger partial charge in [0.25, 0.3) is 0 Å². The molecule has 0 aromatic heterocycles. The SMILES string of the molecule is NC(=O)CCCC/C=C/CCCCCC[C@H]1C=CCC1. The van der Waals surface area contributed by atoms with Crippen LogP contribution < -0.4 is 5.73 Å². The minimum Gasteiger partial charge on any atom is -0.370 e. The zero-order valence-electron chi connectivity index (χ0n) is 12.9. The number of carbonyl (C=O) groups is 1. The highest BCUT2D eigenvalue weighted by Gasteiger charge is 2.07. The zero-order valence-corrected chi connectivity index (χ0v) is 12.9. The summed E-state index contributed by atoms with van der Waals surface area (Å²) in [6, 6.07) is 0. The Morgan fingerprint density at radius 1 is 1.05 bits per heavy atom. The van der Waals surface area contributed by atoms with Crippen molar-refractivity contribution in [2.45, 2.75) is 77.0 Å². The number of allylic oxidation sites excluding steroid dienone is 4. The predicted molar refractivity (Wildman–Crippen MR) is 86.4 cm³/mol. The van der Waals surface area contributed by atoms with Crippen molar-refractivity contribution in [3.63, 3.8) is 0 Å². The summed E-state index contributed by atoms with van der Waals surface area (Å²) in [5, 5.41) is 0. The molecular weight excluding hydrogens is 246 g/mol. The zero-order chi connectivity index (χ0) is 14.5. The molecule has 0 saturated carbocycles. The molecule has 0 aromatic rings. The van der Waals surface area contributed by atoms with Crippen molar-refractivity contribution in [3.05, 3.63) is 24.3 Å². The first kappa shape index (κ1) is 17.0. The lowest BCUT2D eigenvalue weighted by Gasteiger charge is -2.06. The first-order valence-electron chi connectivity index (χ1n) is 8.39. The van der Waals surface area contributed by atoms with Crippen molar-refractivity contribution in [2.24, 2.45) is 11.7 Å². The third-order valence-corrected chi connectivity index (χ3v) is 4.02. The molecule has 0 aliphatic heterocycles. The van der Waals surface area contributed by atoms with Gasteiger partial charge in [0.05, 0.1) is 0 Å². The van der Waals surface area contributed by atoms with Crippen LogP contribution in [0.2, 0.25) is 0 Å². The van der Waals surface area contributed by atoms with E-state index in [-0.39, 0.29) is 5.91 Å². The molecule has 114 valence electrons. The van der Waals surface area contributed by atoms with Crippen molar-refractivity contribution in [1.82, 2.24) is 0 Å². The van der Waals surface area contributed by atoms with Gasteiger partial charge in [-0.05, 0) is 57.3 Å². The summed E-state index contributed by atoms with van der Waals surface area (Å²) in [6.45, 7) is 0. The van der Waals surface area contributed by atoms with Crippen molar-refractivity contribution in [1.29, 1.82) is 0 Å². The molecule has 1 aliphatic rings. The van der Waals surface area contributed by atoms with E-state index in [9.17, 15) is 4.79 Å². The van der Waals surface area contributed by atoms with Crippen LogP contribution in [0.15, 0.2) is 24.3 Å². The summed E-state index contributed by atoms with van der Waals surface area (Å²) in [7, 11) is 0. The van der Waals surface area contributed by atoms with E-state index in [1.54, 1.807) is 0 Å². The number of unbranched alkanes of at least 4 members (excludes halogenated alkanes) is 6. The number of rotatable bonds is 12. The van der Waals surface area contributed by atoms with E-state index in [1.165, 1.54) is 51.4 Å². The highest BCUT2D eigenvalue weighted by Crippen LogP contribution is 2.23. The molecule has 0 saturated heterocycles. The lowest BCUT2D eigenvalue weighted by Crippen LogP contribution is -2.09. The Bertz CT molecular complexity index is 307. The van der Waals surface area contributed by atoms with Gasteiger partial charge in [0, 0.05) is 6.42 Å². The Morgan fingerprint density at radius 3 is 2.40 bits per heavy atom. The molecule has 0 heterocycles. The van der Waals surface area contributed by atoms with Crippen LogP contribution in [-0.4, -0.2) is 5.91 Å². The van der Waals surface area contributed by atoms with Crippen LogP contribution in [0.5, 0.6) is 0 Å². The highest BCUT2D eigenvalue weighted by atomic mass is 16.1. The predicted octanol–water partition coefficient (Wildman–Crippen LogP) is 4.90. The van der Waals surface area contributed by atoms with Crippen LogP contribution in [-0.2, 0) is 4.79 Å². The van der Waals surface area contributed by atoms with E-state index in [2.05, 4.69) is 24.3 Å². The molecule has 0 aromatic carbocycles. The van der Waals surface area contributed by atoms with Crippen LogP contribution in [0, 0.1) is 5.92 Å². The first-order chi connectivity index (χ1) is 9.79. The summed E-state index contributed by atoms with van der Waals surface area (Å²) in [6.07, 6.45) is 23.7. The number of hydrogen-bond acceptors (Lipinski definition) is 1. The van der Waals surface area contributed by atoms with Crippen LogP contribution in [0.4, 0.5) is 0 Å². The summed E-state index contributed by atoms with van der Waals surface area (Å²) in [4.78, 5) is 10.5. The van der Waals surface area contributed by atoms with Crippen molar-refractivity contribution >= 4 is 5.91 Å². The fraction of sp³-hybridized carbons (Fsp3) is 0.722. The Morgan fingerprint density at radius 2 is 1.75 bits per heavy atom. The standard InChI is InChI=1S/C18H31NO/c19-18(20)16-10-8-6-4-2-1-3-5-7-9-13-17-14-11-12-15-17/h2,4,11,14,17H,1,3,5-10,12-13,15-16H2,(H2,19,20)/b4-2+/t17-/m0/s1. The minimum absolute atomic E-state index is 0.179. The van der Waals surface area contributed by atoms with Crippen molar-refractivity contribution in [3.8, 4) is 0 Å². The Hall–Kier alpha value is -1.05. The molecule has 1 amide bonds. The van der Waals surface area contributed by atoms with E-state index < -0.39 is 0 Å². The van der Waals surface area contributed by atoms with Gasteiger partial charge in [-0.1, -0.05) is 43.6 Å². The Labute approximate surface area is 124 Å². The molecule has 2 N–H and O–H groups in total. The van der Waals surface area contributed by atoms with Gasteiger partial charge in [-0.25, -0.2) is 0 Å². The van der Waals surface area contributed by atoms with Crippen LogP contribution in [0.25, 0.3) is 0 Å². The number of hydrogen-bond donors (Lipinski definition) is 1. The third-order valence-electron chi connectivity index (χ3n) is 4.02. The molecule has 2 nitrogen and oxygen atoms in total. The largest absolute Gasteiger partial charge is 0.370 e. The molecule has 0 spiro atoms. The van der Waals surface area contributed by atoms with Crippen molar-refractivity contribution < 1.29 is 4.79 Å². The van der Waals surface area contributed by atoms with Gasteiger partial charge >= 0.3 is 0 Å². The maximum atomic E-state index is 10.5. The number of primary amides is 1. The molecule has 2 heteroatoms. The number of amides is 1. The maximum Gasteiger partial charge on any atom is 0.217 e. The molecule has 20 heavy (non-hydrogen) atoms. The summed E-state index contributed by atoms with van der Waals surface area (Å²) in [5.74, 6) is 0.706. The van der Waals surface area contributed by atoms with Gasteiger partial charge in [0.1, 0.15) is 0 Å². The molecule has 0 fully saturated rings. The van der Waals surface area contributed by atoms with E-state index in [1.807, 2.05) is 0 Å². The fourth-order valence-electron chi connectivity index (χ4n) is 2.76. The second-order valence-electron chi connectivity index (χ2n) is 5.94.